The molecule has 3 aromatic rings. The second-order valence-electron chi connectivity index (χ2n) is 5.60. The number of fused-ring (bicyclic) bond motifs is 1. The van der Waals surface area contributed by atoms with E-state index in [1.54, 1.807) is 6.07 Å². The van der Waals surface area contributed by atoms with Gasteiger partial charge in [0.2, 0.25) is 0 Å². The molecule has 1 N–H and O–H groups in total. The van der Waals surface area contributed by atoms with E-state index in [0.717, 1.165) is 28.6 Å². The highest BCUT2D eigenvalue weighted by atomic mass is 35.5. The Kier molecular flexibility index (Phi) is 4.39. The van der Waals surface area contributed by atoms with E-state index in [9.17, 15) is 4.79 Å². The third-order valence-corrected chi connectivity index (χ3v) is 4.33. The predicted octanol–water partition coefficient (Wildman–Crippen LogP) is 4.93. The molecule has 0 spiro atoms. The summed E-state index contributed by atoms with van der Waals surface area (Å²) in [7, 11) is 0. The van der Waals surface area contributed by atoms with Gasteiger partial charge in [-0.3, -0.25) is 0 Å². The molecule has 0 amide bonds. The molecule has 2 aromatic carbocycles. The first-order valence-electron chi connectivity index (χ1n) is 7.62. The van der Waals surface area contributed by atoms with Gasteiger partial charge in [0.05, 0.1) is 0 Å². The lowest BCUT2D eigenvalue weighted by Crippen LogP contribution is -2.06. The van der Waals surface area contributed by atoms with Crippen molar-refractivity contribution in [2.45, 2.75) is 26.8 Å². The van der Waals surface area contributed by atoms with Crippen molar-refractivity contribution >= 4 is 28.3 Å². The third kappa shape index (κ3) is 3.40. The summed E-state index contributed by atoms with van der Waals surface area (Å²) in [5.41, 5.74) is 4.29. The van der Waals surface area contributed by atoms with Crippen molar-refractivity contribution in [3.63, 3.8) is 0 Å². The number of aryl methyl sites for hydroxylation is 2. The van der Waals surface area contributed by atoms with Crippen molar-refractivity contribution in [3.8, 4) is 0 Å². The number of hydrogen-bond acceptors (Lipinski definition) is 3. The highest BCUT2D eigenvalue weighted by Crippen LogP contribution is 2.25. The van der Waals surface area contributed by atoms with Crippen molar-refractivity contribution in [3.05, 3.63) is 74.6 Å². The summed E-state index contributed by atoms with van der Waals surface area (Å²) in [6.45, 7) is 4.55. The van der Waals surface area contributed by atoms with E-state index in [1.807, 2.05) is 25.1 Å². The van der Waals surface area contributed by atoms with E-state index in [2.05, 4.69) is 24.4 Å². The zero-order valence-electron chi connectivity index (χ0n) is 13.2. The largest absolute Gasteiger partial charge is 0.423 e. The molecule has 0 unspecified atom stereocenters. The molecule has 0 atom stereocenters. The minimum atomic E-state index is -0.349. The van der Waals surface area contributed by atoms with Crippen LogP contribution in [0.25, 0.3) is 11.0 Å². The molecule has 118 valence electrons. The van der Waals surface area contributed by atoms with Crippen LogP contribution in [0.5, 0.6) is 0 Å². The maximum Gasteiger partial charge on any atom is 0.336 e. The van der Waals surface area contributed by atoms with E-state index < -0.39 is 0 Å². The molecule has 0 radical (unpaired) electrons. The fourth-order valence-corrected chi connectivity index (χ4v) is 2.76. The first-order chi connectivity index (χ1) is 11.1. The normalized spacial score (nSPS) is 10.9. The lowest BCUT2D eigenvalue weighted by Gasteiger charge is -2.10. The summed E-state index contributed by atoms with van der Waals surface area (Å²) < 4.78 is 5.28. The average molecular weight is 328 g/mol. The van der Waals surface area contributed by atoms with Crippen molar-refractivity contribution < 1.29 is 4.42 Å². The number of benzene rings is 2. The zero-order chi connectivity index (χ0) is 16.4. The fraction of sp³-hybridized carbons (Fsp3) is 0.211. The molecule has 3 nitrogen and oxygen atoms in total. The van der Waals surface area contributed by atoms with Crippen LogP contribution in [-0.2, 0) is 13.0 Å². The molecular formula is C19H18ClNO2. The van der Waals surface area contributed by atoms with Gasteiger partial charge in [0.25, 0.3) is 0 Å². The monoisotopic (exact) mass is 327 g/mol. The lowest BCUT2D eigenvalue weighted by molar-refractivity contribution is 0.559. The van der Waals surface area contributed by atoms with Crippen LogP contribution < -0.4 is 10.9 Å². The van der Waals surface area contributed by atoms with Gasteiger partial charge in [0, 0.05) is 28.7 Å². The maximum absolute atomic E-state index is 11.8. The van der Waals surface area contributed by atoms with Gasteiger partial charge in [-0.15, -0.1) is 0 Å². The summed E-state index contributed by atoms with van der Waals surface area (Å²) >= 11 is 6.22. The first-order valence-corrected chi connectivity index (χ1v) is 8.00. The quantitative estimate of drug-likeness (QED) is 0.691. The van der Waals surface area contributed by atoms with Gasteiger partial charge in [-0.2, -0.15) is 0 Å². The van der Waals surface area contributed by atoms with E-state index in [4.69, 9.17) is 16.0 Å². The second-order valence-corrected chi connectivity index (χ2v) is 6.00. The minimum absolute atomic E-state index is 0.349. The van der Waals surface area contributed by atoms with Crippen LogP contribution >= 0.6 is 11.6 Å². The summed E-state index contributed by atoms with van der Waals surface area (Å²) in [6, 6.07) is 13.4. The molecule has 3 rings (SSSR count). The average Bonchev–Trinajstić information content (AvgIpc) is 2.54. The van der Waals surface area contributed by atoms with Gasteiger partial charge in [0.1, 0.15) is 5.58 Å². The standard InChI is InChI=1S/C19H18ClNO2/c1-3-13-5-4-6-15(8-13)21-11-14-9-19(22)23-18-7-12(2)17(20)10-16(14)18/h4-10,21H,3,11H2,1-2H3. The van der Waals surface area contributed by atoms with E-state index in [1.165, 1.54) is 11.6 Å². The zero-order valence-corrected chi connectivity index (χ0v) is 13.9. The van der Waals surface area contributed by atoms with Gasteiger partial charge >= 0.3 is 5.63 Å². The van der Waals surface area contributed by atoms with Crippen LogP contribution in [0.3, 0.4) is 0 Å². The van der Waals surface area contributed by atoms with E-state index in [-0.39, 0.29) is 5.63 Å². The number of hydrogen-bond donors (Lipinski definition) is 1. The van der Waals surface area contributed by atoms with Crippen molar-refractivity contribution in [2.24, 2.45) is 0 Å². The molecule has 1 aromatic heterocycles. The topological polar surface area (TPSA) is 42.2 Å². The SMILES string of the molecule is CCc1cccc(NCc2cc(=O)oc3cc(C)c(Cl)cc23)c1. The van der Waals surface area contributed by atoms with Crippen molar-refractivity contribution in [1.29, 1.82) is 0 Å². The Morgan fingerprint density at radius 1 is 1.17 bits per heavy atom. The van der Waals surface area contributed by atoms with Crippen molar-refractivity contribution in [2.75, 3.05) is 5.32 Å². The Hall–Kier alpha value is -2.26. The predicted molar refractivity (Wildman–Crippen MR) is 95.4 cm³/mol. The summed E-state index contributed by atoms with van der Waals surface area (Å²) in [4.78, 5) is 11.8. The second kappa shape index (κ2) is 6.47. The Bertz CT molecular complexity index is 915. The van der Waals surface area contributed by atoms with Crippen LogP contribution in [0.1, 0.15) is 23.6 Å². The third-order valence-electron chi connectivity index (χ3n) is 3.93. The van der Waals surface area contributed by atoms with Crippen molar-refractivity contribution in [1.82, 2.24) is 0 Å². The Labute approximate surface area is 139 Å². The van der Waals surface area contributed by atoms with Crippen LogP contribution in [0.4, 0.5) is 5.69 Å². The highest BCUT2D eigenvalue weighted by molar-refractivity contribution is 6.32. The van der Waals surface area contributed by atoms with Crippen LogP contribution in [0, 0.1) is 6.92 Å². The number of rotatable bonds is 4. The number of anilines is 1. The smallest absolute Gasteiger partial charge is 0.336 e. The number of nitrogens with one attached hydrogen (secondary N) is 1. The summed E-state index contributed by atoms with van der Waals surface area (Å²) in [5, 5.41) is 4.89. The maximum atomic E-state index is 11.8. The molecule has 23 heavy (non-hydrogen) atoms. The van der Waals surface area contributed by atoms with Gasteiger partial charge in [-0.25, -0.2) is 4.79 Å². The van der Waals surface area contributed by atoms with Gasteiger partial charge in [-0.1, -0.05) is 30.7 Å². The number of halogens is 1. The minimum Gasteiger partial charge on any atom is -0.423 e. The van der Waals surface area contributed by atoms with Crippen LogP contribution in [0.2, 0.25) is 5.02 Å². The summed E-state index contributed by atoms with van der Waals surface area (Å²) in [6.07, 6.45) is 0.988. The Morgan fingerprint density at radius 2 is 2.00 bits per heavy atom. The van der Waals surface area contributed by atoms with Gasteiger partial charge in [0.15, 0.2) is 0 Å². The highest BCUT2D eigenvalue weighted by Gasteiger charge is 2.08. The van der Waals surface area contributed by atoms with Crippen LogP contribution in [0.15, 0.2) is 51.7 Å². The Balaban J connectivity index is 1.96. The molecule has 0 aliphatic carbocycles. The summed E-state index contributed by atoms with van der Waals surface area (Å²) in [5.74, 6) is 0. The fourth-order valence-electron chi connectivity index (χ4n) is 2.59. The first kappa shape index (κ1) is 15.6. The van der Waals surface area contributed by atoms with E-state index >= 15 is 0 Å². The Morgan fingerprint density at radius 3 is 2.78 bits per heavy atom. The molecule has 0 saturated heterocycles. The van der Waals surface area contributed by atoms with Gasteiger partial charge in [-0.05, 0) is 54.3 Å². The molecule has 0 bridgehead atoms. The molecule has 0 saturated carbocycles. The molecule has 0 aliphatic heterocycles. The molecule has 1 heterocycles. The molecule has 4 heteroatoms. The van der Waals surface area contributed by atoms with E-state index in [0.29, 0.717) is 17.2 Å². The molecule has 0 aliphatic rings. The molecule has 0 fully saturated rings. The van der Waals surface area contributed by atoms with Crippen LogP contribution in [-0.4, -0.2) is 0 Å². The van der Waals surface area contributed by atoms with Gasteiger partial charge < -0.3 is 9.73 Å². The lowest BCUT2D eigenvalue weighted by atomic mass is 10.1. The molecular weight excluding hydrogens is 310 g/mol.